The molecule has 0 spiro atoms. The van der Waals surface area contributed by atoms with E-state index < -0.39 is 0 Å². The van der Waals surface area contributed by atoms with Gasteiger partial charge in [0.1, 0.15) is 5.75 Å². The minimum absolute atomic E-state index is 0.0779. The maximum atomic E-state index is 10.1. The molecule has 0 fully saturated rings. The number of aromatic hydroxyl groups is 1. The molecule has 2 unspecified atom stereocenters. The molecule has 1 aromatic carbocycles. The molecule has 0 radical (unpaired) electrons. The Balaban J connectivity index is 2.27. The number of phenolic OH excluding ortho intramolecular Hbond substituents is 1. The second-order valence-corrected chi connectivity index (χ2v) is 6.25. The van der Waals surface area contributed by atoms with Crippen molar-refractivity contribution < 1.29 is 9.94 Å². The summed E-state index contributed by atoms with van der Waals surface area (Å²) in [6.07, 6.45) is 0.962. The highest BCUT2D eigenvalue weighted by Gasteiger charge is 2.33. The maximum absolute atomic E-state index is 10.1. The predicted molar refractivity (Wildman–Crippen MR) is 72.6 cm³/mol. The molecular formula is C15H23NO2. The van der Waals surface area contributed by atoms with Gasteiger partial charge in [-0.25, -0.2) is 0 Å². The first kappa shape index (κ1) is 13.4. The van der Waals surface area contributed by atoms with Crippen molar-refractivity contribution in [1.82, 2.24) is 5.48 Å². The second-order valence-electron chi connectivity index (χ2n) is 6.25. The number of hydrogen-bond donors (Lipinski definition) is 2. The Morgan fingerprint density at radius 3 is 2.56 bits per heavy atom. The van der Waals surface area contributed by atoms with Crippen LogP contribution in [0.25, 0.3) is 0 Å². The van der Waals surface area contributed by atoms with Gasteiger partial charge in [0, 0.05) is 5.56 Å². The molecule has 1 aromatic rings. The third-order valence-electron chi connectivity index (χ3n) is 3.42. The summed E-state index contributed by atoms with van der Waals surface area (Å²) in [6, 6.07) is 3.84. The standard InChI is InChI=1S/C15H23NO2/c1-9-6-7-12(17)14-11(8-10(2)13(9)14)16-18-15(3,4)5/h6-7,10-11,16-17H,8H2,1-5H3. The fourth-order valence-corrected chi connectivity index (χ4v) is 2.70. The summed E-state index contributed by atoms with van der Waals surface area (Å²) in [5.41, 5.74) is 6.41. The molecule has 1 aliphatic rings. The number of hydrogen-bond acceptors (Lipinski definition) is 3. The van der Waals surface area contributed by atoms with Crippen molar-refractivity contribution in [3.63, 3.8) is 0 Å². The summed E-state index contributed by atoms with van der Waals surface area (Å²) in [5, 5.41) is 10.1. The number of aryl methyl sites for hydroxylation is 1. The number of hydroxylamine groups is 1. The zero-order valence-corrected chi connectivity index (χ0v) is 11.9. The number of phenols is 1. The molecule has 100 valence electrons. The third-order valence-corrected chi connectivity index (χ3v) is 3.42. The first-order valence-electron chi connectivity index (χ1n) is 6.55. The first-order valence-corrected chi connectivity index (χ1v) is 6.55. The topological polar surface area (TPSA) is 41.5 Å². The lowest BCUT2D eigenvalue weighted by molar-refractivity contribution is -0.0894. The highest BCUT2D eigenvalue weighted by molar-refractivity contribution is 5.50. The number of benzene rings is 1. The summed E-state index contributed by atoms with van der Waals surface area (Å²) in [4.78, 5) is 5.65. The van der Waals surface area contributed by atoms with Crippen molar-refractivity contribution in [2.75, 3.05) is 0 Å². The van der Waals surface area contributed by atoms with E-state index in [4.69, 9.17) is 4.84 Å². The zero-order valence-electron chi connectivity index (χ0n) is 11.9. The number of fused-ring (bicyclic) bond motifs is 1. The Hall–Kier alpha value is -1.06. The number of nitrogens with one attached hydrogen (secondary N) is 1. The van der Waals surface area contributed by atoms with Gasteiger partial charge in [0.15, 0.2) is 0 Å². The Labute approximate surface area is 109 Å². The summed E-state index contributed by atoms with van der Waals surface area (Å²) in [7, 11) is 0. The van der Waals surface area contributed by atoms with Gasteiger partial charge in [0.2, 0.25) is 0 Å². The smallest absolute Gasteiger partial charge is 0.120 e. The molecule has 2 atom stereocenters. The van der Waals surface area contributed by atoms with Crippen molar-refractivity contribution in [3.8, 4) is 5.75 Å². The molecule has 0 aromatic heterocycles. The zero-order chi connectivity index (χ0) is 13.5. The van der Waals surface area contributed by atoms with Crippen molar-refractivity contribution >= 4 is 0 Å². The normalized spacial score (nSPS) is 23.2. The summed E-state index contributed by atoms with van der Waals surface area (Å²) < 4.78 is 0. The van der Waals surface area contributed by atoms with Crippen molar-refractivity contribution in [1.29, 1.82) is 0 Å². The Morgan fingerprint density at radius 1 is 1.28 bits per heavy atom. The average Bonchev–Trinajstić information content (AvgIpc) is 2.59. The predicted octanol–water partition coefficient (Wildman–Crippen LogP) is 3.57. The van der Waals surface area contributed by atoms with E-state index in [1.807, 2.05) is 26.8 Å². The van der Waals surface area contributed by atoms with Gasteiger partial charge in [-0.2, -0.15) is 5.48 Å². The van der Waals surface area contributed by atoms with E-state index in [1.165, 1.54) is 11.1 Å². The largest absolute Gasteiger partial charge is 0.508 e. The molecule has 0 amide bonds. The number of rotatable bonds is 2. The quantitative estimate of drug-likeness (QED) is 0.787. The molecular weight excluding hydrogens is 226 g/mol. The van der Waals surface area contributed by atoms with E-state index in [2.05, 4.69) is 19.3 Å². The lowest BCUT2D eigenvalue weighted by atomic mass is 9.97. The van der Waals surface area contributed by atoms with Crippen LogP contribution in [0, 0.1) is 6.92 Å². The van der Waals surface area contributed by atoms with Crippen molar-refractivity contribution in [2.24, 2.45) is 0 Å². The van der Waals surface area contributed by atoms with Crippen LogP contribution in [0.2, 0.25) is 0 Å². The lowest BCUT2D eigenvalue weighted by Gasteiger charge is -2.23. The molecule has 0 aliphatic heterocycles. The van der Waals surface area contributed by atoms with E-state index in [-0.39, 0.29) is 11.6 Å². The molecule has 1 aliphatic carbocycles. The van der Waals surface area contributed by atoms with Crippen molar-refractivity contribution in [3.05, 3.63) is 28.8 Å². The summed E-state index contributed by atoms with van der Waals surface area (Å²) in [5.74, 6) is 0.822. The van der Waals surface area contributed by atoms with Crippen LogP contribution in [-0.2, 0) is 4.84 Å². The van der Waals surface area contributed by atoms with Crippen LogP contribution in [0.1, 0.15) is 62.8 Å². The molecule has 0 bridgehead atoms. The van der Waals surface area contributed by atoms with Gasteiger partial charge in [-0.3, -0.25) is 4.84 Å². The molecule has 3 nitrogen and oxygen atoms in total. The molecule has 2 rings (SSSR count). The van der Waals surface area contributed by atoms with Crippen LogP contribution in [0.5, 0.6) is 5.75 Å². The highest BCUT2D eigenvalue weighted by Crippen LogP contribution is 2.46. The van der Waals surface area contributed by atoms with Crippen LogP contribution < -0.4 is 5.48 Å². The highest BCUT2D eigenvalue weighted by atomic mass is 16.7. The van der Waals surface area contributed by atoms with Gasteiger partial charge in [0.25, 0.3) is 0 Å². The SMILES string of the molecule is Cc1ccc(O)c2c1C(C)CC2NOC(C)(C)C. The Bertz CT molecular complexity index is 449. The van der Waals surface area contributed by atoms with Crippen molar-refractivity contribution in [2.45, 2.75) is 58.6 Å². The fraction of sp³-hybridized carbons (Fsp3) is 0.600. The molecule has 3 heteroatoms. The van der Waals surface area contributed by atoms with Gasteiger partial charge in [-0.1, -0.05) is 13.0 Å². The molecule has 0 saturated heterocycles. The fourth-order valence-electron chi connectivity index (χ4n) is 2.70. The van der Waals surface area contributed by atoms with Gasteiger partial charge >= 0.3 is 0 Å². The van der Waals surface area contributed by atoms with Gasteiger partial charge < -0.3 is 5.11 Å². The van der Waals surface area contributed by atoms with E-state index >= 15 is 0 Å². The third kappa shape index (κ3) is 2.52. The van der Waals surface area contributed by atoms with Gasteiger partial charge in [-0.15, -0.1) is 0 Å². The Morgan fingerprint density at radius 2 is 1.94 bits per heavy atom. The monoisotopic (exact) mass is 249 g/mol. The maximum Gasteiger partial charge on any atom is 0.120 e. The Kier molecular flexibility index (Phi) is 3.39. The van der Waals surface area contributed by atoms with E-state index in [0.717, 1.165) is 12.0 Å². The van der Waals surface area contributed by atoms with E-state index in [0.29, 0.717) is 11.7 Å². The molecule has 2 N–H and O–H groups in total. The average molecular weight is 249 g/mol. The first-order chi connectivity index (χ1) is 8.29. The second kappa shape index (κ2) is 4.56. The molecule has 0 saturated carbocycles. The van der Waals surface area contributed by atoms with E-state index in [9.17, 15) is 5.11 Å². The van der Waals surface area contributed by atoms with Gasteiger partial charge in [-0.05, 0) is 57.2 Å². The lowest BCUT2D eigenvalue weighted by Crippen LogP contribution is -2.31. The van der Waals surface area contributed by atoms with Crippen LogP contribution in [0.15, 0.2) is 12.1 Å². The summed E-state index contributed by atoms with van der Waals surface area (Å²) in [6.45, 7) is 10.3. The van der Waals surface area contributed by atoms with Crippen LogP contribution in [-0.4, -0.2) is 10.7 Å². The van der Waals surface area contributed by atoms with Crippen LogP contribution in [0.3, 0.4) is 0 Å². The van der Waals surface area contributed by atoms with Crippen LogP contribution >= 0.6 is 0 Å². The van der Waals surface area contributed by atoms with E-state index in [1.54, 1.807) is 6.07 Å². The summed E-state index contributed by atoms with van der Waals surface area (Å²) >= 11 is 0. The molecule has 18 heavy (non-hydrogen) atoms. The van der Waals surface area contributed by atoms with Gasteiger partial charge in [0.05, 0.1) is 11.6 Å². The minimum Gasteiger partial charge on any atom is -0.508 e. The van der Waals surface area contributed by atoms with Crippen LogP contribution in [0.4, 0.5) is 0 Å². The molecule has 0 heterocycles. The minimum atomic E-state index is -0.231.